The SMILES string of the molecule is O=C(O)C1C(=O)NC(n2cccn2)=NC1c1cccc(O)c1.Oc1cccc(-c2cc(Nc3ccc4[nH]ncc4c3)nc(N3CCOCC3)n2)c1. The minimum atomic E-state index is -1.37. The number of carbonyl (C=O) groups is 2. The minimum Gasteiger partial charge on any atom is -0.508 e. The second-order valence-corrected chi connectivity index (χ2v) is 11.6. The molecule has 258 valence electrons. The molecule has 0 radical (unpaired) electrons. The molecule has 16 nitrogen and oxygen atoms in total. The van der Waals surface area contributed by atoms with Gasteiger partial charge in [0.25, 0.3) is 0 Å². The first-order valence-corrected chi connectivity index (χ1v) is 15.9. The fourth-order valence-electron chi connectivity index (χ4n) is 5.69. The van der Waals surface area contributed by atoms with E-state index in [4.69, 9.17) is 14.7 Å². The zero-order valence-electron chi connectivity index (χ0n) is 26.9. The number of hydrogen-bond acceptors (Lipinski definition) is 12. The van der Waals surface area contributed by atoms with E-state index in [0.29, 0.717) is 30.5 Å². The number of ether oxygens (including phenoxy) is 1. The van der Waals surface area contributed by atoms with Gasteiger partial charge in [0.2, 0.25) is 17.8 Å². The van der Waals surface area contributed by atoms with E-state index in [0.717, 1.165) is 40.9 Å². The smallest absolute Gasteiger partial charge is 0.318 e. The number of carbonyl (C=O) groups excluding carboxylic acids is 1. The van der Waals surface area contributed by atoms with Crippen LogP contribution in [0.25, 0.3) is 22.2 Å². The van der Waals surface area contributed by atoms with Gasteiger partial charge in [-0.3, -0.25) is 20.0 Å². The number of amides is 1. The van der Waals surface area contributed by atoms with E-state index >= 15 is 0 Å². The maximum Gasteiger partial charge on any atom is 0.318 e. The quantitative estimate of drug-likeness (QED) is 0.138. The number of phenols is 2. The second-order valence-electron chi connectivity index (χ2n) is 11.6. The van der Waals surface area contributed by atoms with Crippen molar-refractivity contribution in [1.29, 1.82) is 0 Å². The molecular weight excluding hydrogens is 656 g/mol. The van der Waals surface area contributed by atoms with Crippen LogP contribution in [0.2, 0.25) is 0 Å². The van der Waals surface area contributed by atoms with Gasteiger partial charge in [0.05, 0.1) is 30.6 Å². The number of phenolic OH excluding ortho intramolecular Hbond substituents is 2. The molecule has 1 amide bonds. The van der Waals surface area contributed by atoms with Gasteiger partial charge in [-0.05, 0) is 54.1 Å². The highest BCUT2D eigenvalue weighted by Gasteiger charge is 2.40. The van der Waals surface area contributed by atoms with Gasteiger partial charge in [-0.25, -0.2) is 14.7 Å². The Morgan fingerprint density at radius 1 is 0.941 bits per heavy atom. The van der Waals surface area contributed by atoms with Gasteiger partial charge in [-0.2, -0.15) is 15.2 Å². The van der Waals surface area contributed by atoms with Gasteiger partial charge in [-0.15, -0.1) is 0 Å². The molecule has 1 saturated heterocycles. The second kappa shape index (κ2) is 14.4. The van der Waals surface area contributed by atoms with Crippen molar-refractivity contribution in [3.05, 3.63) is 103 Å². The molecule has 2 aliphatic rings. The number of carboxylic acids is 1. The number of fused-ring (bicyclic) bond motifs is 1. The molecule has 1 fully saturated rings. The zero-order chi connectivity index (χ0) is 35.3. The van der Waals surface area contributed by atoms with Crippen molar-refractivity contribution in [1.82, 2.24) is 35.3 Å². The van der Waals surface area contributed by atoms with Gasteiger partial charge < -0.3 is 30.3 Å². The Hall–Kier alpha value is -6.81. The molecule has 3 aromatic heterocycles. The van der Waals surface area contributed by atoms with E-state index in [-0.39, 0.29) is 17.5 Å². The molecule has 0 saturated carbocycles. The summed E-state index contributed by atoms with van der Waals surface area (Å²) in [6, 6.07) is 21.7. The van der Waals surface area contributed by atoms with Crippen molar-refractivity contribution in [3.63, 3.8) is 0 Å². The molecule has 2 atom stereocenters. The molecule has 5 heterocycles. The van der Waals surface area contributed by atoms with Crippen molar-refractivity contribution in [2.45, 2.75) is 6.04 Å². The third kappa shape index (κ3) is 7.45. The van der Waals surface area contributed by atoms with Crippen LogP contribution in [-0.2, 0) is 14.3 Å². The summed E-state index contributed by atoms with van der Waals surface area (Å²) in [5.41, 5.74) is 3.89. The lowest BCUT2D eigenvalue weighted by Crippen LogP contribution is -2.48. The van der Waals surface area contributed by atoms with Gasteiger partial charge in [0.15, 0.2) is 5.92 Å². The zero-order valence-corrected chi connectivity index (χ0v) is 26.9. The van der Waals surface area contributed by atoms with Crippen LogP contribution < -0.4 is 15.5 Å². The predicted octanol–water partition coefficient (Wildman–Crippen LogP) is 3.67. The van der Waals surface area contributed by atoms with Crippen molar-refractivity contribution >= 4 is 46.2 Å². The van der Waals surface area contributed by atoms with Gasteiger partial charge in [0, 0.05) is 48.2 Å². The predicted molar refractivity (Wildman–Crippen MR) is 187 cm³/mol. The van der Waals surface area contributed by atoms with Crippen LogP contribution in [-0.4, -0.2) is 89.4 Å². The van der Waals surface area contributed by atoms with E-state index in [1.165, 1.54) is 23.0 Å². The third-order valence-corrected chi connectivity index (χ3v) is 8.16. The standard InChI is InChI=1S/C21H20N6O2.C14H12N4O4/c28-17-3-1-2-14(11-17)19-12-20(25-21(24-19)27-6-8-29-9-7-27)23-16-4-5-18-15(10-16)13-22-26-18;19-9-4-1-3-8(7-9)11-10(13(21)22)12(20)17-14(16-11)18-6-2-5-15-18/h1-5,10-13,28H,6-9H2,(H,22,26)(H,23,24,25);1-7,10-11,19H,(H,21,22)(H,16,17,20). The maximum absolute atomic E-state index is 12.1. The fourth-order valence-corrected chi connectivity index (χ4v) is 5.69. The number of anilines is 3. The number of nitrogens with one attached hydrogen (secondary N) is 3. The highest BCUT2D eigenvalue weighted by Crippen LogP contribution is 2.32. The Kier molecular flexibility index (Phi) is 9.21. The number of aliphatic carboxylic acids is 1. The average Bonchev–Trinajstić information content (AvgIpc) is 3.85. The van der Waals surface area contributed by atoms with Crippen molar-refractivity contribution in [2.75, 3.05) is 36.5 Å². The molecule has 6 aromatic rings. The highest BCUT2D eigenvalue weighted by atomic mass is 16.5. The molecular formula is C35H32N10O6. The lowest BCUT2D eigenvalue weighted by molar-refractivity contribution is -0.147. The average molecular weight is 689 g/mol. The Balaban J connectivity index is 0.000000166. The maximum atomic E-state index is 12.1. The molecule has 0 aliphatic carbocycles. The Bertz CT molecular complexity index is 2210. The number of carboxylic acid groups (broad SMARTS) is 1. The summed E-state index contributed by atoms with van der Waals surface area (Å²) in [4.78, 5) is 39.4. The van der Waals surface area contributed by atoms with Crippen molar-refractivity contribution in [2.24, 2.45) is 10.9 Å². The van der Waals surface area contributed by atoms with Crippen LogP contribution in [0, 0.1) is 5.92 Å². The summed E-state index contributed by atoms with van der Waals surface area (Å²) < 4.78 is 6.80. The first kappa shape index (κ1) is 32.7. The molecule has 6 N–H and O–H groups in total. The molecule has 51 heavy (non-hydrogen) atoms. The molecule has 2 unspecified atom stereocenters. The Morgan fingerprint density at radius 2 is 1.75 bits per heavy atom. The number of H-pyrrole nitrogens is 1. The summed E-state index contributed by atoms with van der Waals surface area (Å²) in [7, 11) is 0. The lowest BCUT2D eigenvalue weighted by atomic mass is 9.91. The largest absolute Gasteiger partial charge is 0.508 e. The van der Waals surface area contributed by atoms with Crippen LogP contribution in [0.4, 0.5) is 17.5 Å². The summed E-state index contributed by atoms with van der Waals surface area (Å²) in [6.45, 7) is 2.78. The molecule has 16 heteroatoms. The lowest BCUT2D eigenvalue weighted by Gasteiger charge is -2.27. The number of morpholine rings is 1. The van der Waals surface area contributed by atoms with E-state index in [2.05, 4.69) is 35.8 Å². The van der Waals surface area contributed by atoms with Crippen LogP contribution in [0.5, 0.6) is 11.5 Å². The number of hydrogen-bond donors (Lipinski definition) is 6. The Morgan fingerprint density at radius 3 is 2.49 bits per heavy atom. The number of aliphatic imine (C=N–C) groups is 1. The first-order valence-electron chi connectivity index (χ1n) is 15.9. The van der Waals surface area contributed by atoms with Crippen LogP contribution in [0.1, 0.15) is 11.6 Å². The van der Waals surface area contributed by atoms with Gasteiger partial charge in [0.1, 0.15) is 23.4 Å². The van der Waals surface area contributed by atoms with E-state index in [1.807, 2.05) is 30.3 Å². The molecule has 0 spiro atoms. The molecule has 2 aliphatic heterocycles. The summed E-state index contributed by atoms with van der Waals surface area (Å²) >= 11 is 0. The molecule has 3 aromatic carbocycles. The van der Waals surface area contributed by atoms with Crippen LogP contribution in [0.3, 0.4) is 0 Å². The highest BCUT2D eigenvalue weighted by molar-refractivity contribution is 6.08. The van der Waals surface area contributed by atoms with E-state index < -0.39 is 23.8 Å². The van der Waals surface area contributed by atoms with Gasteiger partial charge >= 0.3 is 5.97 Å². The monoisotopic (exact) mass is 688 g/mol. The number of rotatable bonds is 6. The third-order valence-electron chi connectivity index (χ3n) is 8.16. The van der Waals surface area contributed by atoms with Crippen molar-refractivity contribution in [3.8, 4) is 22.8 Å². The number of aromatic hydroxyl groups is 2. The van der Waals surface area contributed by atoms with Crippen molar-refractivity contribution < 1.29 is 29.6 Å². The van der Waals surface area contributed by atoms with Crippen LogP contribution in [0.15, 0.2) is 102 Å². The number of nitrogens with zero attached hydrogens (tertiary/aromatic N) is 7. The van der Waals surface area contributed by atoms with E-state index in [9.17, 15) is 24.9 Å². The van der Waals surface area contributed by atoms with E-state index in [1.54, 1.807) is 48.8 Å². The van der Waals surface area contributed by atoms with Crippen LogP contribution >= 0.6 is 0 Å². The Labute approximate surface area is 290 Å². The van der Waals surface area contributed by atoms with Gasteiger partial charge in [-0.1, -0.05) is 24.3 Å². The molecule has 8 rings (SSSR count). The number of aromatic nitrogens is 6. The summed E-state index contributed by atoms with van der Waals surface area (Å²) in [5, 5.41) is 46.6. The fraction of sp³-hybridized carbons (Fsp3) is 0.171. The molecule has 0 bridgehead atoms. The topological polar surface area (TPSA) is 216 Å². The first-order chi connectivity index (χ1) is 24.8. The number of aromatic amines is 1. The normalized spacial score (nSPS) is 17.2. The summed E-state index contributed by atoms with van der Waals surface area (Å²) in [5.74, 6) is -1.70. The summed E-state index contributed by atoms with van der Waals surface area (Å²) in [6.07, 6.45) is 4.89. The minimum absolute atomic E-state index is 0.0246. The number of benzene rings is 3.